The third-order valence-corrected chi connectivity index (χ3v) is 8.37. The topological polar surface area (TPSA) is 173 Å². The van der Waals surface area contributed by atoms with Crippen molar-refractivity contribution in [1.82, 2.24) is 19.8 Å². The molecule has 0 radical (unpaired) electrons. The summed E-state index contributed by atoms with van der Waals surface area (Å²) in [6.07, 6.45) is 0.360. The second-order valence-electron chi connectivity index (χ2n) is 11.3. The Morgan fingerprint density at radius 2 is 1.30 bits per heavy atom. The van der Waals surface area contributed by atoms with Gasteiger partial charge in [0.1, 0.15) is 11.4 Å². The van der Waals surface area contributed by atoms with E-state index in [-0.39, 0.29) is 51.0 Å². The Bertz CT molecular complexity index is 1880. The van der Waals surface area contributed by atoms with Crippen molar-refractivity contribution in [2.75, 3.05) is 47.1 Å². The molecular weight excluding hydrogens is 612 g/mol. The molecule has 2 aliphatic rings. The lowest BCUT2D eigenvalue weighted by Crippen LogP contribution is -2.27. The molecule has 6 rings (SSSR count). The number of hydrogen-bond acceptors (Lipinski definition) is 9. The first-order chi connectivity index (χ1) is 22.7. The van der Waals surface area contributed by atoms with E-state index in [4.69, 9.17) is 28.8 Å². The number of benzene rings is 2. The summed E-state index contributed by atoms with van der Waals surface area (Å²) in [5.74, 6) is 0.352. The predicted octanol–water partition coefficient (Wildman–Crippen LogP) is 3.85. The summed E-state index contributed by atoms with van der Waals surface area (Å²) >= 11 is 0. The zero-order valence-electron chi connectivity index (χ0n) is 26.4. The number of carboxylic acids is 1. The number of carboxylic acid groups (broad SMARTS) is 1. The monoisotopic (exact) mass is 648 g/mol. The number of nitrogens with one attached hydrogen (secondary N) is 2. The summed E-state index contributed by atoms with van der Waals surface area (Å²) in [6.45, 7) is 3.82. The third-order valence-electron chi connectivity index (χ3n) is 8.37. The number of rotatable bonds is 15. The van der Waals surface area contributed by atoms with E-state index in [1.54, 1.807) is 24.1 Å². The number of hydrogen-bond donors (Lipinski definition) is 3. The fourth-order valence-corrected chi connectivity index (χ4v) is 6.07. The minimum atomic E-state index is -0.959. The van der Waals surface area contributed by atoms with Gasteiger partial charge >= 0.3 is 11.9 Å². The quantitative estimate of drug-likeness (QED) is 0.127. The van der Waals surface area contributed by atoms with Gasteiger partial charge in [-0.2, -0.15) is 0 Å². The van der Waals surface area contributed by atoms with Crippen molar-refractivity contribution in [1.29, 1.82) is 0 Å². The number of amides is 2. The zero-order chi connectivity index (χ0) is 33.2. The first kappa shape index (κ1) is 31.6. The number of carbonyl (C=O) groups excluding carboxylic acids is 3. The SMILES string of the molecule is CCOc1cc2[nH]c3c(c2cc1OC)CN(CCC(=O)OCCCOc1cc2[nH]c4c(c2cc1OC)CN(CCC(=O)O)C4=O)C3=O. The van der Waals surface area contributed by atoms with Crippen molar-refractivity contribution in [2.24, 2.45) is 0 Å². The zero-order valence-corrected chi connectivity index (χ0v) is 26.4. The van der Waals surface area contributed by atoms with Crippen molar-refractivity contribution < 1.29 is 48.0 Å². The second kappa shape index (κ2) is 13.1. The average Bonchev–Trinajstić information content (AvgIpc) is 3.77. The number of fused-ring (bicyclic) bond motifs is 6. The van der Waals surface area contributed by atoms with Gasteiger partial charge < -0.3 is 48.6 Å². The fraction of sp³-hybridized carbons (Fsp3) is 0.394. The molecule has 0 fully saturated rings. The Hall–Kier alpha value is -5.40. The molecule has 47 heavy (non-hydrogen) atoms. The number of aromatic amines is 2. The number of aromatic nitrogens is 2. The number of nitrogens with zero attached hydrogens (tertiary/aromatic N) is 2. The van der Waals surface area contributed by atoms with E-state index in [1.807, 2.05) is 19.1 Å². The maximum Gasteiger partial charge on any atom is 0.307 e. The molecule has 2 aliphatic heterocycles. The van der Waals surface area contributed by atoms with Gasteiger partial charge in [-0.15, -0.1) is 0 Å². The van der Waals surface area contributed by atoms with Crippen LogP contribution in [0.1, 0.15) is 58.3 Å². The van der Waals surface area contributed by atoms with Crippen LogP contribution in [0.3, 0.4) is 0 Å². The molecule has 0 atom stereocenters. The summed E-state index contributed by atoms with van der Waals surface area (Å²) in [4.78, 5) is 58.6. The molecule has 4 heterocycles. The van der Waals surface area contributed by atoms with Crippen LogP contribution in [0.15, 0.2) is 24.3 Å². The average molecular weight is 649 g/mol. The summed E-state index contributed by atoms with van der Waals surface area (Å²) in [7, 11) is 3.09. The Balaban J connectivity index is 0.973. The highest BCUT2D eigenvalue weighted by Gasteiger charge is 2.33. The Morgan fingerprint density at radius 1 is 0.766 bits per heavy atom. The molecule has 0 aliphatic carbocycles. The van der Waals surface area contributed by atoms with Crippen molar-refractivity contribution in [3.63, 3.8) is 0 Å². The molecule has 4 aromatic rings. The van der Waals surface area contributed by atoms with Gasteiger partial charge in [0.05, 0.1) is 57.9 Å². The van der Waals surface area contributed by atoms with E-state index >= 15 is 0 Å². The third kappa shape index (κ3) is 6.10. The summed E-state index contributed by atoms with van der Waals surface area (Å²) in [5, 5.41) is 10.6. The van der Waals surface area contributed by atoms with Gasteiger partial charge in [-0.3, -0.25) is 19.2 Å². The molecule has 3 N–H and O–H groups in total. The molecule has 0 saturated carbocycles. The van der Waals surface area contributed by atoms with E-state index in [9.17, 15) is 19.2 Å². The number of H-pyrrole nitrogens is 2. The lowest BCUT2D eigenvalue weighted by molar-refractivity contribution is -0.144. The number of carbonyl (C=O) groups is 4. The molecule has 0 saturated heterocycles. The molecular formula is C33H36N4O10. The van der Waals surface area contributed by atoms with E-state index in [1.165, 1.54) is 12.0 Å². The Labute approximate surface area is 269 Å². The van der Waals surface area contributed by atoms with Crippen molar-refractivity contribution in [3.05, 3.63) is 46.8 Å². The molecule has 2 amide bonds. The molecule has 2 aromatic heterocycles. The minimum absolute atomic E-state index is 0.0566. The first-order valence-electron chi connectivity index (χ1n) is 15.4. The highest BCUT2D eigenvalue weighted by atomic mass is 16.5. The van der Waals surface area contributed by atoms with Crippen molar-refractivity contribution >= 4 is 45.6 Å². The lowest BCUT2D eigenvalue weighted by atomic mass is 10.1. The molecule has 0 spiro atoms. The second-order valence-corrected chi connectivity index (χ2v) is 11.3. The normalized spacial score (nSPS) is 13.8. The Morgan fingerprint density at radius 3 is 1.81 bits per heavy atom. The van der Waals surface area contributed by atoms with Crippen LogP contribution >= 0.6 is 0 Å². The van der Waals surface area contributed by atoms with E-state index < -0.39 is 11.9 Å². The van der Waals surface area contributed by atoms with Crippen LogP contribution in [0, 0.1) is 0 Å². The summed E-state index contributed by atoms with van der Waals surface area (Å²) in [6, 6.07) is 7.24. The first-order valence-corrected chi connectivity index (χ1v) is 15.4. The van der Waals surface area contributed by atoms with Crippen LogP contribution in [0.2, 0.25) is 0 Å². The van der Waals surface area contributed by atoms with Gasteiger partial charge in [-0.05, 0) is 19.1 Å². The van der Waals surface area contributed by atoms with Crippen LogP contribution in [-0.2, 0) is 27.4 Å². The number of aliphatic carboxylic acids is 1. The Kier molecular flexibility index (Phi) is 8.83. The molecule has 0 bridgehead atoms. The van der Waals surface area contributed by atoms with Gasteiger partial charge in [0, 0.05) is 66.6 Å². The van der Waals surface area contributed by atoms with Gasteiger partial charge in [0.15, 0.2) is 23.0 Å². The number of esters is 1. The van der Waals surface area contributed by atoms with Crippen LogP contribution < -0.4 is 18.9 Å². The van der Waals surface area contributed by atoms with E-state index in [2.05, 4.69) is 9.97 Å². The highest BCUT2D eigenvalue weighted by Crippen LogP contribution is 2.39. The largest absolute Gasteiger partial charge is 0.493 e. The fourth-order valence-electron chi connectivity index (χ4n) is 6.07. The molecule has 14 nitrogen and oxygen atoms in total. The molecule has 248 valence electrons. The molecule has 14 heteroatoms. The van der Waals surface area contributed by atoms with Crippen LogP contribution in [-0.4, -0.2) is 95.8 Å². The van der Waals surface area contributed by atoms with Crippen LogP contribution in [0.25, 0.3) is 21.8 Å². The molecule has 2 aromatic carbocycles. The lowest BCUT2D eigenvalue weighted by Gasteiger charge is -2.16. The van der Waals surface area contributed by atoms with E-state index in [0.29, 0.717) is 66.0 Å². The number of ether oxygens (including phenoxy) is 5. The smallest absolute Gasteiger partial charge is 0.307 e. The summed E-state index contributed by atoms with van der Waals surface area (Å²) < 4.78 is 27.9. The molecule has 0 unspecified atom stereocenters. The van der Waals surface area contributed by atoms with E-state index in [0.717, 1.165) is 27.4 Å². The maximum atomic E-state index is 13.0. The van der Waals surface area contributed by atoms with Gasteiger partial charge in [-0.1, -0.05) is 0 Å². The van der Waals surface area contributed by atoms with Crippen LogP contribution in [0.4, 0.5) is 0 Å². The highest BCUT2D eigenvalue weighted by molar-refractivity contribution is 6.05. The van der Waals surface area contributed by atoms with Crippen molar-refractivity contribution in [3.8, 4) is 23.0 Å². The van der Waals surface area contributed by atoms with Gasteiger partial charge in [-0.25, -0.2) is 0 Å². The standard InChI is InChI=1S/C33H36N4O10/c1-4-45-26-14-22-18(12-24(26)43-2)21-17-37(33(42)31(21)34-22)9-7-29(40)47-11-5-10-46-27-15-23-19(13-25(27)44-3)20-16-36(8-6-28(38)39)32(41)30(20)35-23/h12-15,34-35H,4-11,16-17H2,1-3H3,(H,38,39). The predicted molar refractivity (Wildman–Crippen MR) is 168 cm³/mol. The summed E-state index contributed by atoms with van der Waals surface area (Å²) in [5.41, 5.74) is 4.08. The number of methoxy groups -OCH3 is 2. The van der Waals surface area contributed by atoms with Crippen molar-refractivity contribution in [2.45, 2.75) is 39.3 Å². The minimum Gasteiger partial charge on any atom is -0.493 e. The van der Waals surface area contributed by atoms with Gasteiger partial charge in [0.2, 0.25) is 0 Å². The maximum absolute atomic E-state index is 13.0. The van der Waals surface area contributed by atoms with Gasteiger partial charge in [0.25, 0.3) is 11.8 Å². The van der Waals surface area contributed by atoms with Crippen LogP contribution in [0.5, 0.6) is 23.0 Å².